The molecule has 6 nitrogen and oxygen atoms in total. The molecule has 0 aromatic heterocycles. The number of carbonyl (C=O) groups excluding carboxylic acids is 2. The van der Waals surface area contributed by atoms with Gasteiger partial charge in [0.15, 0.2) is 0 Å². The summed E-state index contributed by atoms with van der Waals surface area (Å²) in [6, 6.07) is 15.4. The molecule has 0 spiro atoms. The van der Waals surface area contributed by atoms with E-state index in [-0.39, 0.29) is 17.9 Å². The van der Waals surface area contributed by atoms with Gasteiger partial charge >= 0.3 is 0 Å². The number of benzene rings is 2. The third kappa shape index (κ3) is 5.99. The van der Waals surface area contributed by atoms with E-state index in [4.69, 9.17) is 4.74 Å². The van der Waals surface area contributed by atoms with Crippen LogP contribution in [0.1, 0.15) is 41.6 Å². The van der Waals surface area contributed by atoms with Crippen LogP contribution in [0.2, 0.25) is 0 Å². The van der Waals surface area contributed by atoms with E-state index < -0.39 is 0 Å². The molecule has 1 atom stereocenters. The predicted octanol–water partition coefficient (Wildman–Crippen LogP) is 4.13. The lowest BCUT2D eigenvalue weighted by Gasteiger charge is -2.40. The van der Waals surface area contributed by atoms with E-state index in [1.165, 1.54) is 12.8 Å². The van der Waals surface area contributed by atoms with Gasteiger partial charge in [-0.1, -0.05) is 53.0 Å². The highest BCUT2D eigenvalue weighted by atomic mass is 79.9. The van der Waals surface area contributed by atoms with Gasteiger partial charge in [0.05, 0.1) is 13.2 Å². The zero-order valence-corrected chi connectivity index (χ0v) is 21.4. The maximum absolute atomic E-state index is 13.4. The molecule has 1 heterocycles. The summed E-state index contributed by atoms with van der Waals surface area (Å²) < 4.78 is 6.34. The summed E-state index contributed by atoms with van der Waals surface area (Å²) in [5, 5.41) is 3.20. The van der Waals surface area contributed by atoms with Gasteiger partial charge in [-0.25, -0.2) is 0 Å². The van der Waals surface area contributed by atoms with E-state index in [1.54, 1.807) is 7.11 Å². The van der Waals surface area contributed by atoms with Crippen molar-refractivity contribution in [3.05, 3.63) is 64.1 Å². The highest BCUT2D eigenvalue weighted by Crippen LogP contribution is 2.31. The van der Waals surface area contributed by atoms with Crippen LogP contribution >= 0.6 is 15.9 Å². The van der Waals surface area contributed by atoms with Crippen molar-refractivity contribution in [2.45, 2.75) is 38.1 Å². The molecule has 1 saturated heterocycles. The van der Waals surface area contributed by atoms with Crippen molar-refractivity contribution in [3.63, 3.8) is 0 Å². The van der Waals surface area contributed by atoms with E-state index in [9.17, 15) is 9.59 Å². The van der Waals surface area contributed by atoms with Gasteiger partial charge in [-0.15, -0.1) is 0 Å². The summed E-state index contributed by atoms with van der Waals surface area (Å²) in [7, 11) is 1.68. The molecule has 1 aliphatic carbocycles. The number of hydrogen-bond acceptors (Lipinski definition) is 4. The van der Waals surface area contributed by atoms with Crippen molar-refractivity contribution in [2.24, 2.45) is 5.92 Å². The Balaban J connectivity index is 1.36. The van der Waals surface area contributed by atoms with Crippen LogP contribution in [0.5, 0.6) is 5.75 Å². The van der Waals surface area contributed by atoms with E-state index >= 15 is 0 Å². The van der Waals surface area contributed by atoms with Gasteiger partial charge in [0.25, 0.3) is 5.91 Å². The minimum absolute atomic E-state index is 0.0552. The number of halogens is 1. The molecule has 2 aromatic carbocycles. The summed E-state index contributed by atoms with van der Waals surface area (Å²) in [6.45, 7) is 3.32. The van der Waals surface area contributed by atoms with E-state index in [2.05, 4.69) is 26.1 Å². The smallest absolute Gasteiger partial charge is 0.253 e. The molecule has 0 bridgehead atoms. The van der Waals surface area contributed by atoms with Crippen LogP contribution in [0.3, 0.4) is 0 Å². The van der Waals surface area contributed by atoms with Crippen molar-refractivity contribution in [1.29, 1.82) is 0 Å². The van der Waals surface area contributed by atoms with Crippen LogP contribution in [0, 0.1) is 5.92 Å². The largest absolute Gasteiger partial charge is 0.496 e. The number of hydrogen-bond donors (Lipinski definition) is 1. The second-order valence-corrected chi connectivity index (χ2v) is 10.1. The second-order valence-electron chi connectivity index (χ2n) is 9.18. The fourth-order valence-electron chi connectivity index (χ4n) is 5.29. The lowest BCUT2D eigenvalue weighted by atomic mass is 9.94. The summed E-state index contributed by atoms with van der Waals surface area (Å²) in [6.07, 6.45) is 5.32. The Labute approximate surface area is 210 Å². The average molecular weight is 528 g/mol. The molecule has 1 unspecified atom stereocenters. The van der Waals surface area contributed by atoms with E-state index in [0.717, 1.165) is 48.1 Å². The highest BCUT2D eigenvalue weighted by Gasteiger charge is 2.37. The van der Waals surface area contributed by atoms with E-state index in [0.29, 0.717) is 31.1 Å². The van der Waals surface area contributed by atoms with Crippen molar-refractivity contribution in [2.75, 3.05) is 39.8 Å². The van der Waals surface area contributed by atoms with Crippen LogP contribution in [0.25, 0.3) is 0 Å². The molecular formula is C27H34BrN3O3. The number of para-hydroxylation sites is 1. The molecule has 0 radical (unpaired) electrons. The van der Waals surface area contributed by atoms with Crippen LogP contribution in [-0.2, 0) is 11.2 Å². The molecule has 2 fully saturated rings. The summed E-state index contributed by atoms with van der Waals surface area (Å²) in [4.78, 5) is 30.5. The van der Waals surface area contributed by atoms with Gasteiger partial charge in [0.2, 0.25) is 5.91 Å². The summed E-state index contributed by atoms with van der Waals surface area (Å²) in [5.41, 5.74) is 1.80. The number of nitrogens with one attached hydrogen (secondary N) is 1. The standard InChI is InChI=1S/C27H34BrN3O3/c1-34-24-12-5-4-7-20(24)13-14-29-26(32)25(21-8-2-3-9-21)30-15-17-31(18-16-30)27(33)22-10-6-11-23(28)19-22/h4-7,10-12,19,21,25H,2-3,8-9,13-18H2,1H3,(H,29,32). The zero-order chi connectivity index (χ0) is 23.9. The number of carbonyl (C=O) groups is 2. The second kappa shape index (κ2) is 11.8. The molecule has 182 valence electrons. The first-order chi connectivity index (χ1) is 16.6. The topological polar surface area (TPSA) is 61.9 Å². The minimum Gasteiger partial charge on any atom is -0.496 e. The number of amides is 2. The Morgan fingerprint density at radius 3 is 2.50 bits per heavy atom. The number of nitrogens with zero attached hydrogens (tertiary/aromatic N) is 2. The Kier molecular flexibility index (Phi) is 8.62. The monoisotopic (exact) mass is 527 g/mol. The van der Waals surface area contributed by atoms with Gasteiger partial charge < -0.3 is 15.0 Å². The van der Waals surface area contributed by atoms with Gasteiger partial charge in [-0.3, -0.25) is 14.5 Å². The molecular weight excluding hydrogens is 494 g/mol. The molecule has 4 rings (SSSR count). The van der Waals surface area contributed by atoms with Crippen molar-refractivity contribution in [3.8, 4) is 5.75 Å². The van der Waals surface area contributed by atoms with Gasteiger partial charge in [-0.2, -0.15) is 0 Å². The fraction of sp³-hybridized carbons (Fsp3) is 0.481. The van der Waals surface area contributed by atoms with Crippen molar-refractivity contribution < 1.29 is 14.3 Å². The number of methoxy groups -OCH3 is 1. The normalized spacial score (nSPS) is 18.0. The molecule has 1 saturated carbocycles. The van der Waals surface area contributed by atoms with Crippen LogP contribution in [0.15, 0.2) is 53.0 Å². The third-order valence-electron chi connectivity index (χ3n) is 7.07. The first-order valence-corrected chi connectivity index (χ1v) is 13.0. The van der Waals surface area contributed by atoms with Crippen LogP contribution < -0.4 is 10.1 Å². The molecule has 2 aliphatic rings. The lowest BCUT2D eigenvalue weighted by Crippen LogP contribution is -2.58. The molecule has 1 aliphatic heterocycles. The summed E-state index contributed by atoms with van der Waals surface area (Å²) in [5.74, 6) is 1.42. The number of rotatable bonds is 8. The first kappa shape index (κ1) is 24.7. The predicted molar refractivity (Wildman–Crippen MR) is 137 cm³/mol. The Morgan fingerprint density at radius 1 is 1.06 bits per heavy atom. The SMILES string of the molecule is COc1ccccc1CCNC(=O)C(C1CCCC1)N1CCN(C(=O)c2cccc(Br)c2)CC1. The van der Waals surface area contributed by atoms with E-state index in [1.807, 2.05) is 53.4 Å². The van der Waals surface area contributed by atoms with Crippen molar-refractivity contribution in [1.82, 2.24) is 15.1 Å². The Morgan fingerprint density at radius 2 is 1.79 bits per heavy atom. The highest BCUT2D eigenvalue weighted by molar-refractivity contribution is 9.10. The molecule has 2 aromatic rings. The van der Waals surface area contributed by atoms with Crippen LogP contribution in [0.4, 0.5) is 0 Å². The summed E-state index contributed by atoms with van der Waals surface area (Å²) >= 11 is 3.45. The number of ether oxygens (including phenoxy) is 1. The zero-order valence-electron chi connectivity index (χ0n) is 19.8. The molecule has 1 N–H and O–H groups in total. The molecule has 34 heavy (non-hydrogen) atoms. The third-order valence-corrected chi connectivity index (χ3v) is 7.56. The van der Waals surface area contributed by atoms with Gasteiger partial charge in [-0.05, 0) is 55.0 Å². The molecule has 2 amide bonds. The maximum Gasteiger partial charge on any atom is 0.253 e. The van der Waals surface area contributed by atoms with Gasteiger partial charge in [0.1, 0.15) is 5.75 Å². The molecule has 7 heteroatoms. The van der Waals surface area contributed by atoms with Gasteiger partial charge in [0, 0.05) is 42.8 Å². The quantitative estimate of drug-likeness (QED) is 0.560. The minimum atomic E-state index is -0.122. The average Bonchev–Trinajstić information content (AvgIpc) is 3.39. The van der Waals surface area contributed by atoms with Crippen LogP contribution in [-0.4, -0.2) is 67.5 Å². The Bertz CT molecular complexity index is 985. The first-order valence-electron chi connectivity index (χ1n) is 12.3. The lowest BCUT2D eigenvalue weighted by molar-refractivity contribution is -0.129. The maximum atomic E-state index is 13.4. The number of piperazine rings is 1. The Hall–Kier alpha value is -2.38. The fourth-order valence-corrected chi connectivity index (χ4v) is 5.69. The van der Waals surface area contributed by atoms with Crippen molar-refractivity contribution >= 4 is 27.7 Å².